The SMILES string of the molecule is Cc1ccc(C(C)(C)C)c(OCCS)c1. The molecule has 0 aliphatic carbocycles. The lowest BCUT2D eigenvalue weighted by atomic mass is 9.86. The van der Waals surface area contributed by atoms with Crippen LogP contribution >= 0.6 is 12.6 Å². The minimum Gasteiger partial charge on any atom is -0.492 e. The van der Waals surface area contributed by atoms with E-state index in [4.69, 9.17) is 4.74 Å². The van der Waals surface area contributed by atoms with E-state index in [0.717, 1.165) is 11.5 Å². The van der Waals surface area contributed by atoms with Crippen molar-refractivity contribution in [2.24, 2.45) is 0 Å². The van der Waals surface area contributed by atoms with Crippen LogP contribution in [0.3, 0.4) is 0 Å². The molecule has 1 rings (SSSR count). The topological polar surface area (TPSA) is 9.23 Å². The van der Waals surface area contributed by atoms with Gasteiger partial charge in [0.15, 0.2) is 0 Å². The highest BCUT2D eigenvalue weighted by Gasteiger charge is 2.18. The normalized spacial score (nSPS) is 11.5. The quantitative estimate of drug-likeness (QED) is 0.772. The fourth-order valence-corrected chi connectivity index (χ4v) is 1.62. The van der Waals surface area contributed by atoms with Gasteiger partial charge in [0.05, 0.1) is 6.61 Å². The number of rotatable bonds is 3. The van der Waals surface area contributed by atoms with Crippen LogP contribution in [0.2, 0.25) is 0 Å². The largest absolute Gasteiger partial charge is 0.492 e. The Morgan fingerprint density at radius 1 is 1.27 bits per heavy atom. The molecule has 0 atom stereocenters. The lowest BCUT2D eigenvalue weighted by Crippen LogP contribution is -2.14. The summed E-state index contributed by atoms with van der Waals surface area (Å²) in [5.41, 5.74) is 2.62. The van der Waals surface area contributed by atoms with Crippen LogP contribution in [0.25, 0.3) is 0 Å². The molecule has 0 aliphatic heterocycles. The molecule has 0 aromatic heterocycles. The van der Waals surface area contributed by atoms with Crippen LogP contribution in [-0.2, 0) is 5.41 Å². The Kier molecular flexibility index (Phi) is 4.09. The van der Waals surface area contributed by atoms with Gasteiger partial charge in [-0.15, -0.1) is 0 Å². The third kappa shape index (κ3) is 3.45. The van der Waals surface area contributed by atoms with Crippen molar-refractivity contribution in [3.8, 4) is 5.75 Å². The monoisotopic (exact) mass is 224 g/mol. The number of thiol groups is 1. The molecule has 1 aromatic carbocycles. The van der Waals surface area contributed by atoms with Crippen molar-refractivity contribution in [1.29, 1.82) is 0 Å². The first-order valence-corrected chi connectivity index (χ1v) is 5.93. The third-order valence-electron chi connectivity index (χ3n) is 2.29. The van der Waals surface area contributed by atoms with E-state index < -0.39 is 0 Å². The second-order valence-corrected chi connectivity index (χ2v) is 5.27. The van der Waals surface area contributed by atoms with E-state index in [-0.39, 0.29) is 5.41 Å². The van der Waals surface area contributed by atoms with E-state index in [1.807, 2.05) is 0 Å². The van der Waals surface area contributed by atoms with Gasteiger partial charge in [0.2, 0.25) is 0 Å². The molecule has 1 aromatic rings. The molecule has 0 spiro atoms. The van der Waals surface area contributed by atoms with E-state index in [1.54, 1.807) is 0 Å². The van der Waals surface area contributed by atoms with E-state index >= 15 is 0 Å². The molecule has 0 saturated heterocycles. The van der Waals surface area contributed by atoms with Crippen molar-refractivity contribution >= 4 is 12.6 Å². The van der Waals surface area contributed by atoms with Crippen LogP contribution in [0, 0.1) is 6.92 Å². The highest BCUT2D eigenvalue weighted by Crippen LogP contribution is 2.31. The first-order chi connectivity index (χ1) is 6.95. The molecule has 0 radical (unpaired) electrons. The third-order valence-corrected chi connectivity index (χ3v) is 2.48. The molecule has 0 N–H and O–H groups in total. The fourth-order valence-electron chi connectivity index (χ4n) is 1.52. The molecule has 0 saturated carbocycles. The van der Waals surface area contributed by atoms with E-state index in [2.05, 4.69) is 58.5 Å². The first-order valence-electron chi connectivity index (χ1n) is 5.30. The van der Waals surface area contributed by atoms with Gasteiger partial charge in [0, 0.05) is 5.75 Å². The number of ether oxygens (including phenoxy) is 1. The van der Waals surface area contributed by atoms with Gasteiger partial charge in [-0.1, -0.05) is 32.9 Å². The predicted octanol–water partition coefficient (Wildman–Crippen LogP) is 3.60. The Morgan fingerprint density at radius 2 is 1.93 bits per heavy atom. The van der Waals surface area contributed by atoms with Crippen molar-refractivity contribution in [1.82, 2.24) is 0 Å². The summed E-state index contributed by atoms with van der Waals surface area (Å²) in [6.07, 6.45) is 0. The summed E-state index contributed by atoms with van der Waals surface area (Å²) in [7, 11) is 0. The summed E-state index contributed by atoms with van der Waals surface area (Å²) in [5, 5.41) is 0. The standard InChI is InChI=1S/C13H20OS/c1-10-5-6-11(13(2,3)4)12(9-10)14-7-8-15/h5-6,9,15H,7-8H2,1-4H3. The number of hydrogen-bond donors (Lipinski definition) is 1. The highest BCUT2D eigenvalue weighted by molar-refractivity contribution is 7.80. The van der Waals surface area contributed by atoms with Crippen molar-refractivity contribution in [3.63, 3.8) is 0 Å². The number of aryl methyl sites for hydroxylation is 1. The first kappa shape index (κ1) is 12.4. The van der Waals surface area contributed by atoms with Crippen LogP contribution in [0.15, 0.2) is 18.2 Å². The summed E-state index contributed by atoms with van der Waals surface area (Å²) < 4.78 is 5.72. The van der Waals surface area contributed by atoms with Gasteiger partial charge < -0.3 is 4.74 Å². The average molecular weight is 224 g/mol. The maximum absolute atomic E-state index is 5.72. The molecule has 0 amide bonds. The Bertz CT molecular complexity index is 326. The average Bonchev–Trinajstić information content (AvgIpc) is 2.12. The molecule has 2 heteroatoms. The van der Waals surface area contributed by atoms with Crippen LogP contribution in [0.4, 0.5) is 0 Å². The van der Waals surface area contributed by atoms with Crippen LogP contribution in [0.5, 0.6) is 5.75 Å². The highest BCUT2D eigenvalue weighted by atomic mass is 32.1. The predicted molar refractivity (Wildman–Crippen MR) is 69.2 cm³/mol. The zero-order valence-corrected chi connectivity index (χ0v) is 10.9. The Balaban J connectivity index is 3.03. The molecule has 0 fully saturated rings. The van der Waals surface area contributed by atoms with Crippen molar-refractivity contribution in [2.75, 3.05) is 12.4 Å². The second kappa shape index (κ2) is 4.93. The summed E-state index contributed by atoms with van der Waals surface area (Å²) in [4.78, 5) is 0. The zero-order chi connectivity index (χ0) is 11.5. The number of benzene rings is 1. The second-order valence-electron chi connectivity index (χ2n) is 4.82. The van der Waals surface area contributed by atoms with Crippen molar-refractivity contribution in [2.45, 2.75) is 33.1 Å². The molecule has 0 bridgehead atoms. The Morgan fingerprint density at radius 3 is 2.47 bits per heavy atom. The van der Waals surface area contributed by atoms with Gasteiger partial charge in [0.1, 0.15) is 5.75 Å². The van der Waals surface area contributed by atoms with Crippen LogP contribution in [0.1, 0.15) is 31.9 Å². The van der Waals surface area contributed by atoms with Gasteiger partial charge in [0.25, 0.3) is 0 Å². The van der Waals surface area contributed by atoms with Gasteiger partial charge in [-0.3, -0.25) is 0 Å². The molecule has 0 heterocycles. The molecule has 0 aliphatic rings. The summed E-state index contributed by atoms with van der Waals surface area (Å²) >= 11 is 4.16. The smallest absolute Gasteiger partial charge is 0.123 e. The minimum atomic E-state index is 0.125. The van der Waals surface area contributed by atoms with E-state index in [9.17, 15) is 0 Å². The summed E-state index contributed by atoms with van der Waals surface area (Å²) in [6.45, 7) is 9.34. The van der Waals surface area contributed by atoms with E-state index in [0.29, 0.717) is 6.61 Å². The van der Waals surface area contributed by atoms with Gasteiger partial charge >= 0.3 is 0 Å². The number of hydrogen-bond acceptors (Lipinski definition) is 2. The van der Waals surface area contributed by atoms with Crippen LogP contribution < -0.4 is 4.74 Å². The molecule has 84 valence electrons. The van der Waals surface area contributed by atoms with Crippen LogP contribution in [-0.4, -0.2) is 12.4 Å². The Hall–Kier alpha value is -0.630. The van der Waals surface area contributed by atoms with Crippen molar-refractivity contribution < 1.29 is 4.74 Å². The van der Waals surface area contributed by atoms with Gasteiger partial charge in [-0.25, -0.2) is 0 Å². The molecule has 0 unspecified atom stereocenters. The summed E-state index contributed by atoms with van der Waals surface area (Å²) in [5.74, 6) is 1.74. The van der Waals surface area contributed by atoms with Gasteiger partial charge in [-0.2, -0.15) is 12.6 Å². The van der Waals surface area contributed by atoms with Crippen molar-refractivity contribution in [3.05, 3.63) is 29.3 Å². The lowest BCUT2D eigenvalue weighted by Gasteiger charge is -2.23. The molecular weight excluding hydrogens is 204 g/mol. The maximum atomic E-state index is 5.72. The maximum Gasteiger partial charge on any atom is 0.123 e. The lowest BCUT2D eigenvalue weighted by molar-refractivity contribution is 0.333. The Labute approximate surface area is 98.3 Å². The minimum absolute atomic E-state index is 0.125. The molecular formula is C13H20OS. The molecule has 1 nitrogen and oxygen atoms in total. The van der Waals surface area contributed by atoms with Gasteiger partial charge in [-0.05, 0) is 29.5 Å². The van der Waals surface area contributed by atoms with E-state index in [1.165, 1.54) is 11.1 Å². The summed E-state index contributed by atoms with van der Waals surface area (Å²) in [6, 6.07) is 6.39. The zero-order valence-electron chi connectivity index (χ0n) is 10.0. The fraction of sp³-hybridized carbons (Fsp3) is 0.538. The molecule has 15 heavy (non-hydrogen) atoms.